The summed E-state index contributed by atoms with van der Waals surface area (Å²) in [5.74, 6) is 0. The number of aliphatic hydroxyl groups excluding tert-OH is 1. The summed E-state index contributed by atoms with van der Waals surface area (Å²) in [6, 6.07) is 20.7. The van der Waals surface area contributed by atoms with Gasteiger partial charge >= 0.3 is 0 Å². The van der Waals surface area contributed by atoms with Gasteiger partial charge in [0, 0.05) is 0 Å². The number of nitrogens with one attached hydrogen (secondary N) is 1. The van der Waals surface area contributed by atoms with Gasteiger partial charge in [-0.05, 0) is 11.1 Å². The van der Waals surface area contributed by atoms with E-state index >= 15 is 0 Å². The Balaban J connectivity index is 2.08. The lowest BCUT2D eigenvalue weighted by atomic mass is 9.88. The Hall–Kier alpha value is -1.64. The van der Waals surface area contributed by atoms with Gasteiger partial charge in [-0.3, -0.25) is 5.32 Å². The molecular weight excluding hydrogens is 210 g/mol. The highest BCUT2D eigenvalue weighted by molar-refractivity contribution is 5.47. The molecule has 2 aromatic carbocycles. The van der Waals surface area contributed by atoms with Crippen LogP contribution in [0.4, 0.5) is 0 Å². The van der Waals surface area contributed by atoms with Gasteiger partial charge in [0.15, 0.2) is 0 Å². The third-order valence-electron chi connectivity index (χ3n) is 3.48. The van der Waals surface area contributed by atoms with Crippen molar-refractivity contribution in [3.8, 4) is 0 Å². The minimum atomic E-state index is -0.197. The first-order chi connectivity index (χ1) is 8.38. The molecule has 86 valence electrons. The molecular formula is C15H15NO. The Kier molecular flexibility index (Phi) is 2.46. The van der Waals surface area contributed by atoms with Crippen LogP contribution in [0.1, 0.15) is 11.1 Å². The largest absolute Gasteiger partial charge is 0.395 e. The zero-order valence-electron chi connectivity index (χ0n) is 9.51. The summed E-state index contributed by atoms with van der Waals surface area (Å²) in [7, 11) is 0. The Morgan fingerprint density at radius 2 is 1.35 bits per heavy atom. The molecule has 0 amide bonds. The second kappa shape index (κ2) is 3.99. The van der Waals surface area contributed by atoms with E-state index in [1.807, 2.05) is 36.4 Å². The molecule has 0 aromatic heterocycles. The number of hydrogen-bond acceptors (Lipinski definition) is 2. The Morgan fingerprint density at radius 3 is 1.71 bits per heavy atom. The molecule has 0 spiro atoms. The molecule has 1 atom stereocenters. The van der Waals surface area contributed by atoms with E-state index in [2.05, 4.69) is 29.6 Å². The first-order valence-corrected chi connectivity index (χ1v) is 5.87. The van der Waals surface area contributed by atoms with E-state index in [-0.39, 0.29) is 18.2 Å². The van der Waals surface area contributed by atoms with Gasteiger partial charge in [0.05, 0.1) is 18.2 Å². The van der Waals surface area contributed by atoms with Crippen LogP contribution in [-0.2, 0) is 5.54 Å². The van der Waals surface area contributed by atoms with Gasteiger partial charge in [-0.2, -0.15) is 0 Å². The first kappa shape index (κ1) is 10.5. The molecule has 17 heavy (non-hydrogen) atoms. The first-order valence-electron chi connectivity index (χ1n) is 5.87. The molecule has 0 saturated carbocycles. The second-order valence-corrected chi connectivity index (χ2v) is 4.42. The van der Waals surface area contributed by atoms with Crippen molar-refractivity contribution in [3.05, 3.63) is 71.8 Å². The van der Waals surface area contributed by atoms with Crippen molar-refractivity contribution in [3.63, 3.8) is 0 Å². The fourth-order valence-corrected chi connectivity index (χ4v) is 2.55. The van der Waals surface area contributed by atoms with E-state index in [4.69, 9.17) is 0 Å². The molecule has 2 N–H and O–H groups in total. The number of aliphatic hydroxyl groups is 1. The van der Waals surface area contributed by atoms with Gasteiger partial charge in [0.2, 0.25) is 0 Å². The standard InChI is InChI=1S/C15H15NO/c17-11-14-15(16-14,12-7-3-1-4-8-12)13-9-5-2-6-10-13/h1-10,14,16-17H,11H2. The van der Waals surface area contributed by atoms with Crippen molar-refractivity contribution < 1.29 is 5.11 Å². The van der Waals surface area contributed by atoms with Crippen molar-refractivity contribution in [1.29, 1.82) is 0 Å². The molecule has 3 rings (SSSR count). The second-order valence-electron chi connectivity index (χ2n) is 4.42. The van der Waals surface area contributed by atoms with Gasteiger partial charge < -0.3 is 5.11 Å². The Labute approximate surface area is 101 Å². The predicted molar refractivity (Wildman–Crippen MR) is 67.7 cm³/mol. The van der Waals surface area contributed by atoms with Crippen LogP contribution in [-0.4, -0.2) is 17.8 Å². The average molecular weight is 225 g/mol. The molecule has 0 bridgehead atoms. The molecule has 1 saturated heterocycles. The van der Waals surface area contributed by atoms with Crippen molar-refractivity contribution in [2.45, 2.75) is 11.6 Å². The molecule has 2 nitrogen and oxygen atoms in total. The number of rotatable bonds is 3. The predicted octanol–water partition coefficient (Wildman–Crippen LogP) is 1.89. The summed E-state index contributed by atoms with van der Waals surface area (Å²) in [5.41, 5.74) is 2.23. The van der Waals surface area contributed by atoms with Crippen LogP contribution in [0.5, 0.6) is 0 Å². The fourth-order valence-electron chi connectivity index (χ4n) is 2.55. The van der Waals surface area contributed by atoms with Gasteiger partial charge in [0.1, 0.15) is 0 Å². The third-order valence-corrected chi connectivity index (χ3v) is 3.48. The maximum Gasteiger partial charge on any atom is 0.0872 e. The number of hydrogen-bond donors (Lipinski definition) is 2. The van der Waals surface area contributed by atoms with Crippen LogP contribution >= 0.6 is 0 Å². The van der Waals surface area contributed by atoms with Gasteiger partial charge in [-0.1, -0.05) is 60.7 Å². The summed E-state index contributed by atoms with van der Waals surface area (Å²) >= 11 is 0. The van der Waals surface area contributed by atoms with Crippen LogP contribution in [0.3, 0.4) is 0 Å². The molecule has 2 heteroatoms. The Bertz CT molecular complexity index is 455. The molecule has 1 aliphatic rings. The highest BCUT2D eigenvalue weighted by Gasteiger charge is 2.55. The summed E-state index contributed by atoms with van der Waals surface area (Å²) in [4.78, 5) is 0. The lowest BCUT2D eigenvalue weighted by Gasteiger charge is -2.16. The SMILES string of the molecule is OCC1NC1(c1ccccc1)c1ccccc1. The van der Waals surface area contributed by atoms with E-state index in [0.717, 1.165) is 0 Å². The molecule has 1 unspecified atom stereocenters. The highest BCUT2D eigenvalue weighted by atomic mass is 16.3. The molecule has 0 radical (unpaired) electrons. The zero-order chi connectivity index (χ0) is 11.7. The van der Waals surface area contributed by atoms with Gasteiger partial charge in [-0.15, -0.1) is 0 Å². The Morgan fingerprint density at radius 1 is 0.882 bits per heavy atom. The summed E-state index contributed by atoms with van der Waals surface area (Å²) in [6.07, 6.45) is 0. The van der Waals surface area contributed by atoms with Crippen molar-refractivity contribution in [2.75, 3.05) is 6.61 Å². The molecule has 2 aromatic rings. The van der Waals surface area contributed by atoms with E-state index in [0.29, 0.717) is 0 Å². The third kappa shape index (κ3) is 1.57. The summed E-state index contributed by atoms with van der Waals surface area (Å²) in [5, 5.41) is 12.8. The van der Waals surface area contributed by atoms with E-state index in [1.54, 1.807) is 0 Å². The minimum Gasteiger partial charge on any atom is -0.395 e. The fraction of sp³-hybridized carbons (Fsp3) is 0.200. The maximum absolute atomic E-state index is 9.40. The van der Waals surface area contributed by atoms with Crippen LogP contribution in [0.25, 0.3) is 0 Å². The highest BCUT2D eigenvalue weighted by Crippen LogP contribution is 2.43. The topological polar surface area (TPSA) is 42.2 Å². The minimum absolute atomic E-state index is 0.118. The zero-order valence-corrected chi connectivity index (χ0v) is 9.51. The molecule has 1 aliphatic heterocycles. The quantitative estimate of drug-likeness (QED) is 0.783. The average Bonchev–Trinajstić information content (AvgIpc) is 3.17. The molecule has 1 heterocycles. The van der Waals surface area contributed by atoms with Gasteiger partial charge in [-0.25, -0.2) is 0 Å². The summed E-state index contributed by atoms with van der Waals surface area (Å²) in [6.45, 7) is 0.157. The van der Waals surface area contributed by atoms with Crippen molar-refractivity contribution >= 4 is 0 Å². The van der Waals surface area contributed by atoms with Crippen LogP contribution < -0.4 is 5.32 Å². The van der Waals surface area contributed by atoms with E-state index in [1.165, 1.54) is 11.1 Å². The van der Waals surface area contributed by atoms with Gasteiger partial charge in [0.25, 0.3) is 0 Å². The van der Waals surface area contributed by atoms with Crippen LogP contribution in [0, 0.1) is 0 Å². The lowest BCUT2D eigenvalue weighted by Crippen LogP contribution is -2.17. The normalized spacial score (nSPS) is 21.1. The van der Waals surface area contributed by atoms with Crippen LogP contribution in [0.2, 0.25) is 0 Å². The van der Waals surface area contributed by atoms with E-state index in [9.17, 15) is 5.11 Å². The smallest absolute Gasteiger partial charge is 0.0872 e. The lowest BCUT2D eigenvalue weighted by molar-refractivity contribution is 0.290. The van der Waals surface area contributed by atoms with Crippen molar-refractivity contribution in [2.24, 2.45) is 0 Å². The molecule has 0 aliphatic carbocycles. The summed E-state index contributed by atoms with van der Waals surface area (Å²) < 4.78 is 0. The maximum atomic E-state index is 9.40. The van der Waals surface area contributed by atoms with Crippen LogP contribution in [0.15, 0.2) is 60.7 Å². The molecule has 1 fully saturated rings. The van der Waals surface area contributed by atoms with E-state index < -0.39 is 0 Å². The monoisotopic (exact) mass is 225 g/mol. The number of benzene rings is 2. The van der Waals surface area contributed by atoms with Crippen molar-refractivity contribution in [1.82, 2.24) is 5.32 Å².